The Bertz CT molecular complexity index is 426. The van der Waals surface area contributed by atoms with Crippen LogP contribution in [-0.2, 0) is 6.42 Å². The molecule has 6 heteroatoms. The van der Waals surface area contributed by atoms with E-state index in [-0.39, 0.29) is 0 Å². The van der Waals surface area contributed by atoms with Crippen molar-refractivity contribution in [2.75, 3.05) is 6.54 Å². The Hall–Kier alpha value is -1.27. The van der Waals surface area contributed by atoms with Crippen molar-refractivity contribution >= 4 is 11.3 Å². The fourth-order valence-electron chi connectivity index (χ4n) is 1.45. The quantitative estimate of drug-likeness (QED) is 0.859. The van der Waals surface area contributed by atoms with Crippen molar-refractivity contribution in [2.24, 2.45) is 0 Å². The van der Waals surface area contributed by atoms with Crippen molar-refractivity contribution < 1.29 is 4.52 Å². The molecule has 2 rings (SSSR count). The molecular weight excluding hydrogens is 224 g/mol. The summed E-state index contributed by atoms with van der Waals surface area (Å²) in [7, 11) is 0. The zero-order chi connectivity index (χ0) is 11.4. The van der Waals surface area contributed by atoms with Crippen LogP contribution < -0.4 is 5.32 Å². The fourth-order valence-corrected chi connectivity index (χ4v) is 1.98. The van der Waals surface area contributed by atoms with E-state index in [1.807, 2.05) is 5.38 Å². The molecule has 2 heterocycles. The lowest BCUT2D eigenvalue weighted by Gasteiger charge is -2.07. The Kier molecular flexibility index (Phi) is 3.63. The molecule has 0 amide bonds. The molecule has 1 atom stereocenters. The first-order valence-corrected chi connectivity index (χ1v) is 6.18. The first-order chi connectivity index (χ1) is 7.79. The van der Waals surface area contributed by atoms with Gasteiger partial charge in [0.25, 0.3) is 0 Å². The van der Waals surface area contributed by atoms with Gasteiger partial charge in [0.15, 0.2) is 0 Å². The first-order valence-electron chi connectivity index (χ1n) is 5.24. The van der Waals surface area contributed by atoms with Crippen molar-refractivity contribution in [3.8, 4) is 11.5 Å². The van der Waals surface area contributed by atoms with Crippen molar-refractivity contribution in [1.82, 2.24) is 20.4 Å². The van der Waals surface area contributed by atoms with Gasteiger partial charge in [0.1, 0.15) is 5.69 Å². The van der Waals surface area contributed by atoms with E-state index in [1.54, 1.807) is 5.51 Å². The fraction of sp³-hybridized carbons (Fsp3) is 0.500. The molecule has 2 aromatic rings. The molecular formula is C10H14N4OS. The van der Waals surface area contributed by atoms with Crippen LogP contribution in [0.2, 0.25) is 0 Å². The van der Waals surface area contributed by atoms with Crippen molar-refractivity contribution in [3.05, 3.63) is 16.8 Å². The Balaban J connectivity index is 2.03. The second-order valence-corrected chi connectivity index (χ2v) is 4.27. The monoisotopic (exact) mass is 238 g/mol. The summed E-state index contributed by atoms with van der Waals surface area (Å²) in [6.07, 6.45) is 0.741. The minimum atomic E-state index is 0.341. The van der Waals surface area contributed by atoms with E-state index in [0.717, 1.165) is 18.7 Å². The second-order valence-electron chi connectivity index (χ2n) is 3.55. The summed E-state index contributed by atoms with van der Waals surface area (Å²) in [5.74, 6) is 1.22. The van der Waals surface area contributed by atoms with Gasteiger partial charge in [-0.1, -0.05) is 12.1 Å². The smallest absolute Gasteiger partial charge is 0.228 e. The Morgan fingerprint density at radius 3 is 3.12 bits per heavy atom. The van der Waals surface area contributed by atoms with E-state index >= 15 is 0 Å². The number of aromatic nitrogens is 3. The molecule has 0 spiro atoms. The Morgan fingerprint density at radius 1 is 1.56 bits per heavy atom. The standard InChI is InChI=1S/C10H14N4OS/c1-3-11-7(2)4-9-13-10(14-15-9)8-5-16-6-12-8/h5-7,11H,3-4H2,1-2H3. The van der Waals surface area contributed by atoms with E-state index in [9.17, 15) is 0 Å². The summed E-state index contributed by atoms with van der Waals surface area (Å²) in [4.78, 5) is 8.43. The number of nitrogens with one attached hydrogen (secondary N) is 1. The molecule has 0 saturated carbocycles. The molecule has 0 aliphatic rings. The van der Waals surface area contributed by atoms with Gasteiger partial charge >= 0.3 is 0 Å². The van der Waals surface area contributed by atoms with E-state index < -0.39 is 0 Å². The van der Waals surface area contributed by atoms with Gasteiger partial charge in [-0.15, -0.1) is 11.3 Å². The molecule has 16 heavy (non-hydrogen) atoms. The van der Waals surface area contributed by atoms with Crippen LogP contribution in [0.3, 0.4) is 0 Å². The average Bonchev–Trinajstić information content (AvgIpc) is 2.86. The largest absolute Gasteiger partial charge is 0.339 e. The highest BCUT2D eigenvalue weighted by molar-refractivity contribution is 7.07. The molecule has 0 bridgehead atoms. The molecule has 1 N–H and O–H groups in total. The van der Waals surface area contributed by atoms with Crippen molar-refractivity contribution in [2.45, 2.75) is 26.3 Å². The van der Waals surface area contributed by atoms with Gasteiger partial charge in [-0.2, -0.15) is 4.98 Å². The van der Waals surface area contributed by atoms with E-state index in [1.165, 1.54) is 11.3 Å². The van der Waals surface area contributed by atoms with Gasteiger partial charge in [0.05, 0.1) is 5.51 Å². The van der Waals surface area contributed by atoms with Crippen LogP contribution in [0.1, 0.15) is 19.7 Å². The van der Waals surface area contributed by atoms with Crippen LogP contribution in [0.5, 0.6) is 0 Å². The van der Waals surface area contributed by atoms with Gasteiger partial charge in [-0.25, -0.2) is 4.98 Å². The van der Waals surface area contributed by atoms with Crippen LogP contribution >= 0.6 is 11.3 Å². The molecule has 0 aliphatic carbocycles. The molecule has 86 valence electrons. The topological polar surface area (TPSA) is 63.8 Å². The first kappa shape index (κ1) is 11.2. The van der Waals surface area contributed by atoms with E-state index in [2.05, 4.69) is 34.3 Å². The molecule has 0 aliphatic heterocycles. The van der Waals surface area contributed by atoms with Crippen LogP contribution in [-0.4, -0.2) is 27.7 Å². The minimum Gasteiger partial charge on any atom is -0.339 e. The molecule has 0 fully saturated rings. The SMILES string of the molecule is CCNC(C)Cc1nc(-c2cscn2)no1. The lowest BCUT2D eigenvalue weighted by Crippen LogP contribution is -2.27. The summed E-state index contributed by atoms with van der Waals surface area (Å²) in [5, 5.41) is 9.10. The highest BCUT2D eigenvalue weighted by Gasteiger charge is 2.12. The maximum absolute atomic E-state index is 5.17. The number of likely N-dealkylation sites (N-methyl/N-ethyl adjacent to an activating group) is 1. The Labute approximate surface area is 97.9 Å². The predicted octanol–water partition coefficient (Wildman–Crippen LogP) is 1.73. The third-order valence-electron chi connectivity index (χ3n) is 2.16. The molecule has 1 unspecified atom stereocenters. The van der Waals surface area contributed by atoms with Crippen LogP contribution in [0.25, 0.3) is 11.5 Å². The van der Waals surface area contributed by atoms with Crippen LogP contribution in [0.15, 0.2) is 15.4 Å². The number of nitrogens with zero attached hydrogens (tertiary/aromatic N) is 3. The minimum absolute atomic E-state index is 0.341. The Morgan fingerprint density at radius 2 is 2.44 bits per heavy atom. The number of hydrogen-bond acceptors (Lipinski definition) is 6. The maximum atomic E-state index is 5.17. The summed E-state index contributed by atoms with van der Waals surface area (Å²) in [5.41, 5.74) is 2.53. The highest BCUT2D eigenvalue weighted by atomic mass is 32.1. The molecule has 0 saturated heterocycles. The molecule has 5 nitrogen and oxygen atoms in total. The number of thiazole rings is 1. The van der Waals surface area contributed by atoms with Gasteiger partial charge in [0, 0.05) is 17.8 Å². The maximum Gasteiger partial charge on any atom is 0.228 e. The van der Waals surface area contributed by atoms with Crippen LogP contribution in [0.4, 0.5) is 0 Å². The summed E-state index contributed by atoms with van der Waals surface area (Å²) < 4.78 is 5.17. The summed E-state index contributed by atoms with van der Waals surface area (Å²) >= 11 is 1.52. The summed E-state index contributed by atoms with van der Waals surface area (Å²) in [6.45, 7) is 5.11. The highest BCUT2D eigenvalue weighted by Crippen LogP contribution is 2.15. The lowest BCUT2D eigenvalue weighted by atomic mass is 10.2. The molecule has 2 aromatic heterocycles. The number of hydrogen-bond donors (Lipinski definition) is 1. The summed E-state index contributed by atoms with van der Waals surface area (Å²) in [6, 6.07) is 0.341. The van der Waals surface area contributed by atoms with Crippen molar-refractivity contribution in [1.29, 1.82) is 0 Å². The predicted molar refractivity (Wildman–Crippen MR) is 62.2 cm³/mol. The van der Waals surface area contributed by atoms with E-state index in [4.69, 9.17) is 4.52 Å². The molecule has 0 aromatic carbocycles. The van der Waals surface area contributed by atoms with Crippen LogP contribution in [0, 0.1) is 0 Å². The molecule has 0 radical (unpaired) electrons. The average molecular weight is 238 g/mol. The van der Waals surface area contributed by atoms with Gasteiger partial charge < -0.3 is 9.84 Å². The number of rotatable bonds is 5. The second kappa shape index (κ2) is 5.18. The van der Waals surface area contributed by atoms with E-state index in [0.29, 0.717) is 17.8 Å². The third kappa shape index (κ3) is 2.65. The van der Waals surface area contributed by atoms with Gasteiger partial charge in [-0.05, 0) is 13.5 Å². The third-order valence-corrected chi connectivity index (χ3v) is 2.75. The normalized spacial score (nSPS) is 12.9. The zero-order valence-electron chi connectivity index (χ0n) is 9.30. The van der Waals surface area contributed by atoms with Crippen molar-refractivity contribution in [3.63, 3.8) is 0 Å². The van der Waals surface area contributed by atoms with Gasteiger partial charge in [-0.3, -0.25) is 0 Å². The zero-order valence-corrected chi connectivity index (χ0v) is 10.1. The lowest BCUT2D eigenvalue weighted by molar-refractivity contribution is 0.363. The van der Waals surface area contributed by atoms with Gasteiger partial charge in [0.2, 0.25) is 11.7 Å².